The van der Waals surface area contributed by atoms with Gasteiger partial charge in [-0.15, -0.1) is 0 Å². The minimum atomic E-state index is -0.479. The molecule has 1 aromatic heterocycles. The number of H-pyrrole nitrogens is 1. The molecule has 1 atom stereocenters. The van der Waals surface area contributed by atoms with Gasteiger partial charge in [-0.3, -0.25) is 9.36 Å². The molecular formula is C21H23N3O6. The van der Waals surface area contributed by atoms with E-state index in [9.17, 15) is 9.59 Å². The lowest BCUT2D eigenvalue weighted by Gasteiger charge is -2.26. The summed E-state index contributed by atoms with van der Waals surface area (Å²) in [7, 11) is 2.99. The number of para-hydroxylation sites is 2. The summed E-state index contributed by atoms with van der Waals surface area (Å²) >= 11 is 0. The molecule has 9 heteroatoms. The Balaban J connectivity index is 1.43. The van der Waals surface area contributed by atoms with E-state index in [-0.39, 0.29) is 18.2 Å². The maximum Gasteiger partial charge on any atom is 0.328 e. The van der Waals surface area contributed by atoms with E-state index in [4.69, 9.17) is 18.9 Å². The van der Waals surface area contributed by atoms with Gasteiger partial charge in [-0.2, -0.15) is 0 Å². The number of hydrogen-bond donors (Lipinski definition) is 2. The molecule has 0 amide bonds. The van der Waals surface area contributed by atoms with E-state index in [1.165, 1.54) is 14.2 Å². The molecule has 0 unspecified atom stereocenters. The first kappa shape index (κ1) is 19.8. The van der Waals surface area contributed by atoms with Crippen LogP contribution in [0.3, 0.4) is 0 Å². The van der Waals surface area contributed by atoms with Crippen molar-refractivity contribution in [1.29, 1.82) is 0 Å². The Morgan fingerprint density at radius 3 is 2.63 bits per heavy atom. The van der Waals surface area contributed by atoms with Crippen molar-refractivity contribution in [3.63, 3.8) is 0 Å². The molecule has 0 saturated heterocycles. The molecule has 0 fully saturated rings. The van der Waals surface area contributed by atoms with E-state index < -0.39 is 5.69 Å². The second kappa shape index (κ2) is 8.50. The summed E-state index contributed by atoms with van der Waals surface area (Å²) in [5.41, 5.74) is -0.464. The first-order valence-corrected chi connectivity index (χ1v) is 9.58. The van der Waals surface area contributed by atoms with Gasteiger partial charge in [-0.05, 0) is 18.2 Å². The predicted octanol–water partition coefficient (Wildman–Crippen LogP) is 1.14. The summed E-state index contributed by atoms with van der Waals surface area (Å²) in [5.74, 6) is 2.31. The summed E-state index contributed by atoms with van der Waals surface area (Å²) in [6.07, 6.45) is -0.150. The molecule has 0 radical (unpaired) electrons. The Labute approximate surface area is 172 Å². The topological polar surface area (TPSA) is 104 Å². The molecule has 1 aliphatic rings. The summed E-state index contributed by atoms with van der Waals surface area (Å²) in [6, 6.07) is 10.7. The number of fused-ring (bicyclic) bond motifs is 2. The number of benzene rings is 2. The van der Waals surface area contributed by atoms with Crippen LogP contribution in [0.25, 0.3) is 10.9 Å². The fourth-order valence-electron chi connectivity index (χ4n) is 3.40. The van der Waals surface area contributed by atoms with Crippen molar-refractivity contribution in [1.82, 2.24) is 14.9 Å². The number of rotatable bonds is 7. The van der Waals surface area contributed by atoms with Gasteiger partial charge in [0.15, 0.2) is 23.0 Å². The Morgan fingerprint density at radius 2 is 1.87 bits per heavy atom. The van der Waals surface area contributed by atoms with Gasteiger partial charge >= 0.3 is 5.69 Å². The first-order valence-electron chi connectivity index (χ1n) is 9.58. The number of aromatic amines is 1. The Hall–Kier alpha value is -3.46. The molecule has 2 N–H and O–H groups in total. The van der Waals surface area contributed by atoms with Gasteiger partial charge in [0.1, 0.15) is 12.7 Å². The third kappa shape index (κ3) is 3.84. The van der Waals surface area contributed by atoms with E-state index in [0.29, 0.717) is 47.8 Å². The Morgan fingerprint density at radius 1 is 1.13 bits per heavy atom. The minimum absolute atomic E-state index is 0.150. The lowest BCUT2D eigenvalue weighted by molar-refractivity contribution is 0.0903. The zero-order chi connectivity index (χ0) is 21.1. The van der Waals surface area contributed by atoms with Crippen LogP contribution < -0.4 is 35.5 Å². The van der Waals surface area contributed by atoms with Gasteiger partial charge in [0.05, 0.1) is 25.1 Å². The van der Waals surface area contributed by atoms with Crippen molar-refractivity contribution >= 4 is 10.9 Å². The molecule has 9 nitrogen and oxygen atoms in total. The number of ether oxygens (including phenoxy) is 4. The largest absolute Gasteiger partial charge is 0.493 e. The van der Waals surface area contributed by atoms with E-state index in [2.05, 4.69) is 10.3 Å². The number of aromatic nitrogens is 2. The third-order valence-electron chi connectivity index (χ3n) is 4.94. The lowest BCUT2D eigenvalue weighted by atomic mass is 10.2. The van der Waals surface area contributed by atoms with Crippen LogP contribution >= 0.6 is 0 Å². The Bertz CT molecular complexity index is 1170. The molecule has 1 aliphatic heterocycles. The van der Waals surface area contributed by atoms with Crippen LogP contribution in [0.2, 0.25) is 0 Å². The highest BCUT2D eigenvalue weighted by Crippen LogP contribution is 2.31. The van der Waals surface area contributed by atoms with Gasteiger partial charge in [-0.25, -0.2) is 4.79 Å². The normalized spacial score (nSPS) is 15.2. The van der Waals surface area contributed by atoms with E-state index in [0.717, 1.165) is 10.3 Å². The number of nitrogens with one attached hydrogen (secondary N) is 2. The van der Waals surface area contributed by atoms with Crippen LogP contribution in [-0.2, 0) is 6.54 Å². The maximum atomic E-state index is 12.8. The molecule has 3 aromatic rings. The highest BCUT2D eigenvalue weighted by Gasteiger charge is 2.20. The van der Waals surface area contributed by atoms with Crippen LogP contribution in [0.4, 0.5) is 0 Å². The molecule has 4 rings (SSSR count). The molecule has 0 bridgehead atoms. The van der Waals surface area contributed by atoms with Gasteiger partial charge < -0.3 is 29.2 Å². The van der Waals surface area contributed by atoms with E-state index >= 15 is 0 Å². The molecule has 158 valence electrons. The fourth-order valence-corrected chi connectivity index (χ4v) is 3.40. The standard InChI is InChI=1S/C21H23N3O6/c1-27-18-9-14-15(10-19(18)28-2)23-21(26)24(20(14)25)8-7-22-11-13-12-29-16-5-3-4-6-17(16)30-13/h3-6,9-10,13,22H,7-8,11-12H2,1-2H3,(H,23,26)/t13-/m1/s1. The first-order chi connectivity index (χ1) is 14.6. The maximum absolute atomic E-state index is 12.8. The number of nitrogens with zero attached hydrogens (tertiary/aromatic N) is 1. The smallest absolute Gasteiger partial charge is 0.328 e. The number of methoxy groups -OCH3 is 2. The SMILES string of the molecule is COc1cc2[nH]c(=O)n(CCNC[C@@H]3COc4ccccc4O3)c(=O)c2cc1OC. The number of hydrogen-bond acceptors (Lipinski definition) is 7. The lowest BCUT2D eigenvalue weighted by Crippen LogP contribution is -2.42. The van der Waals surface area contributed by atoms with Gasteiger partial charge in [-0.1, -0.05) is 12.1 Å². The summed E-state index contributed by atoms with van der Waals surface area (Å²) in [6.45, 7) is 1.59. The average molecular weight is 413 g/mol. The monoisotopic (exact) mass is 413 g/mol. The summed E-state index contributed by atoms with van der Waals surface area (Å²) < 4.78 is 23.2. The van der Waals surface area contributed by atoms with Crippen LogP contribution in [0.1, 0.15) is 0 Å². The second-order valence-electron chi connectivity index (χ2n) is 6.84. The highest BCUT2D eigenvalue weighted by atomic mass is 16.6. The van der Waals surface area contributed by atoms with Crippen molar-refractivity contribution in [3.05, 3.63) is 57.2 Å². The zero-order valence-corrected chi connectivity index (χ0v) is 16.8. The van der Waals surface area contributed by atoms with Crippen LogP contribution in [0, 0.1) is 0 Å². The molecular weight excluding hydrogens is 390 g/mol. The molecule has 2 aromatic carbocycles. The van der Waals surface area contributed by atoms with Crippen molar-refractivity contribution in [3.8, 4) is 23.0 Å². The van der Waals surface area contributed by atoms with Gasteiger partial charge in [0, 0.05) is 25.7 Å². The van der Waals surface area contributed by atoms with Crippen LogP contribution in [0.5, 0.6) is 23.0 Å². The average Bonchev–Trinajstić information content (AvgIpc) is 2.77. The fraction of sp³-hybridized carbons (Fsp3) is 0.333. The molecule has 0 aliphatic carbocycles. The summed E-state index contributed by atoms with van der Waals surface area (Å²) in [5, 5.41) is 3.57. The van der Waals surface area contributed by atoms with E-state index in [1.54, 1.807) is 12.1 Å². The highest BCUT2D eigenvalue weighted by molar-refractivity contribution is 5.81. The summed E-state index contributed by atoms with van der Waals surface area (Å²) in [4.78, 5) is 28.0. The molecule has 0 saturated carbocycles. The third-order valence-corrected chi connectivity index (χ3v) is 4.94. The minimum Gasteiger partial charge on any atom is -0.493 e. The zero-order valence-electron chi connectivity index (χ0n) is 16.8. The van der Waals surface area contributed by atoms with E-state index in [1.807, 2.05) is 24.3 Å². The van der Waals surface area contributed by atoms with Crippen LogP contribution in [0.15, 0.2) is 46.0 Å². The van der Waals surface area contributed by atoms with Crippen molar-refractivity contribution in [2.45, 2.75) is 12.6 Å². The van der Waals surface area contributed by atoms with Gasteiger partial charge in [0.2, 0.25) is 0 Å². The predicted molar refractivity (Wildman–Crippen MR) is 111 cm³/mol. The van der Waals surface area contributed by atoms with Crippen molar-refractivity contribution in [2.24, 2.45) is 0 Å². The van der Waals surface area contributed by atoms with Crippen molar-refractivity contribution < 1.29 is 18.9 Å². The van der Waals surface area contributed by atoms with Gasteiger partial charge in [0.25, 0.3) is 5.56 Å². The molecule has 2 heterocycles. The molecule has 30 heavy (non-hydrogen) atoms. The van der Waals surface area contributed by atoms with Crippen molar-refractivity contribution in [2.75, 3.05) is 33.9 Å². The molecule has 0 spiro atoms. The van der Waals surface area contributed by atoms with Crippen LogP contribution in [-0.4, -0.2) is 49.6 Å². The Kier molecular flexibility index (Phi) is 5.62. The quantitative estimate of drug-likeness (QED) is 0.560. The second-order valence-corrected chi connectivity index (χ2v) is 6.84.